The van der Waals surface area contributed by atoms with Gasteiger partial charge >= 0.3 is 0 Å². The van der Waals surface area contributed by atoms with Gasteiger partial charge in [0.2, 0.25) is 0 Å². The smallest absolute Gasteiger partial charge is 0.128 e. The van der Waals surface area contributed by atoms with E-state index in [1.165, 1.54) is 0 Å². The predicted molar refractivity (Wildman–Crippen MR) is 73.6 cm³/mol. The fourth-order valence-electron chi connectivity index (χ4n) is 2.89. The maximum Gasteiger partial charge on any atom is 0.128 e. The number of benzene rings is 1. The second kappa shape index (κ2) is 5.06. The number of aromatic nitrogens is 1. The van der Waals surface area contributed by atoms with Crippen molar-refractivity contribution in [2.75, 3.05) is 13.7 Å². The molecular weight excluding hydrogens is 260 g/mol. The molecular formula is C14H18N2O4. The molecule has 0 amide bonds. The highest BCUT2D eigenvalue weighted by atomic mass is 16.5. The number of hydrogen-bond acceptors (Lipinski definition) is 5. The van der Waals surface area contributed by atoms with Crippen LogP contribution in [-0.4, -0.2) is 52.3 Å². The molecule has 0 bridgehead atoms. The van der Waals surface area contributed by atoms with Crippen molar-refractivity contribution < 1.29 is 20.1 Å². The van der Waals surface area contributed by atoms with Gasteiger partial charge in [0.1, 0.15) is 11.9 Å². The van der Waals surface area contributed by atoms with E-state index < -0.39 is 24.3 Å². The van der Waals surface area contributed by atoms with Crippen molar-refractivity contribution >= 4 is 10.9 Å². The standard InChI is InChI=1S/C14H18N2O4/c1-20-10-4-2-3-8-11(10)7(5-15-8)12-14(19)13(18)9(6-17)16-12/h2-5,9,12-19H,6H2,1H3/t9-,12-,13-,14-/m0/s1. The van der Waals surface area contributed by atoms with Crippen molar-refractivity contribution in [2.24, 2.45) is 0 Å². The summed E-state index contributed by atoms with van der Waals surface area (Å²) < 4.78 is 5.36. The van der Waals surface area contributed by atoms with Crippen molar-refractivity contribution in [2.45, 2.75) is 24.3 Å². The van der Waals surface area contributed by atoms with Crippen LogP contribution in [0.1, 0.15) is 11.6 Å². The zero-order valence-electron chi connectivity index (χ0n) is 11.1. The maximum atomic E-state index is 10.2. The SMILES string of the molecule is COc1cccc2[nH]cc([C@@H]3N[C@@H](CO)[C@H](O)[C@H]3O)c12. The number of hydrogen-bond donors (Lipinski definition) is 5. The maximum absolute atomic E-state index is 10.2. The minimum Gasteiger partial charge on any atom is -0.496 e. The van der Waals surface area contributed by atoms with Gasteiger partial charge in [-0.1, -0.05) is 6.07 Å². The predicted octanol–water partition coefficient (Wildman–Crippen LogP) is -0.0965. The highest BCUT2D eigenvalue weighted by Gasteiger charge is 2.42. The molecule has 2 heterocycles. The number of rotatable bonds is 3. The van der Waals surface area contributed by atoms with Gasteiger partial charge in [0.15, 0.2) is 0 Å². The highest BCUT2D eigenvalue weighted by Crippen LogP contribution is 2.36. The van der Waals surface area contributed by atoms with Crippen molar-refractivity contribution in [3.05, 3.63) is 30.0 Å². The Morgan fingerprint density at radius 1 is 1.25 bits per heavy atom. The molecule has 1 aromatic heterocycles. The molecule has 0 spiro atoms. The number of aliphatic hydroxyl groups excluding tert-OH is 3. The lowest BCUT2D eigenvalue weighted by Gasteiger charge is -2.16. The number of H-pyrrole nitrogens is 1. The van der Waals surface area contributed by atoms with Crippen molar-refractivity contribution in [3.63, 3.8) is 0 Å². The lowest BCUT2D eigenvalue weighted by atomic mass is 10.00. The molecule has 0 radical (unpaired) electrons. The molecule has 0 aliphatic carbocycles. The van der Waals surface area contributed by atoms with Gasteiger partial charge in [-0.15, -0.1) is 0 Å². The van der Waals surface area contributed by atoms with Crippen LogP contribution in [0, 0.1) is 0 Å². The molecule has 1 aliphatic heterocycles. The van der Waals surface area contributed by atoms with Gasteiger partial charge in [0.05, 0.1) is 31.9 Å². The first kappa shape index (κ1) is 13.4. The third-order valence-electron chi connectivity index (χ3n) is 3.95. The van der Waals surface area contributed by atoms with Crippen LogP contribution in [0.5, 0.6) is 5.75 Å². The zero-order valence-corrected chi connectivity index (χ0v) is 11.1. The molecule has 1 saturated heterocycles. The second-order valence-electron chi connectivity index (χ2n) is 5.04. The van der Waals surface area contributed by atoms with Gasteiger partial charge in [0, 0.05) is 22.7 Å². The zero-order chi connectivity index (χ0) is 14.3. The molecule has 6 heteroatoms. The molecule has 1 aliphatic rings. The van der Waals surface area contributed by atoms with Crippen LogP contribution in [0.25, 0.3) is 10.9 Å². The molecule has 4 atom stereocenters. The van der Waals surface area contributed by atoms with E-state index in [9.17, 15) is 15.3 Å². The number of ether oxygens (including phenoxy) is 1. The number of methoxy groups -OCH3 is 1. The van der Waals surface area contributed by atoms with Crippen LogP contribution in [0.2, 0.25) is 0 Å². The minimum atomic E-state index is -0.996. The summed E-state index contributed by atoms with van der Waals surface area (Å²) in [4.78, 5) is 3.13. The Hall–Kier alpha value is -1.60. The largest absolute Gasteiger partial charge is 0.496 e. The fourth-order valence-corrected chi connectivity index (χ4v) is 2.89. The molecule has 20 heavy (non-hydrogen) atoms. The van der Waals surface area contributed by atoms with Crippen molar-refractivity contribution in [1.29, 1.82) is 0 Å². The Bertz CT molecular complexity index is 612. The summed E-state index contributed by atoms with van der Waals surface area (Å²) in [6.07, 6.45) is -0.179. The Morgan fingerprint density at radius 2 is 2.05 bits per heavy atom. The summed E-state index contributed by atoms with van der Waals surface area (Å²) in [5, 5.41) is 33.2. The summed E-state index contributed by atoms with van der Waals surface area (Å²) in [7, 11) is 1.59. The highest BCUT2D eigenvalue weighted by molar-refractivity contribution is 5.89. The molecule has 5 N–H and O–H groups in total. The number of aliphatic hydroxyl groups is 3. The van der Waals surface area contributed by atoms with Gasteiger partial charge in [-0.3, -0.25) is 0 Å². The van der Waals surface area contributed by atoms with Crippen LogP contribution in [0.3, 0.4) is 0 Å². The van der Waals surface area contributed by atoms with E-state index in [0.717, 1.165) is 16.5 Å². The average Bonchev–Trinajstić information content (AvgIpc) is 3.01. The lowest BCUT2D eigenvalue weighted by Crippen LogP contribution is -2.35. The van der Waals surface area contributed by atoms with E-state index in [2.05, 4.69) is 10.3 Å². The topological polar surface area (TPSA) is 97.7 Å². The summed E-state index contributed by atoms with van der Waals surface area (Å²) in [6.45, 7) is -0.228. The van der Waals surface area contributed by atoms with Crippen LogP contribution >= 0.6 is 0 Å². The van der Waals surface area contributed by atoms with E-state index in [-0.39, 0.29) is 6.61 Å². The van der Waals surface area contributed by atoms with Crippen LogP contribution in [-0.2, 0) is 0 Å². The second-order valence-corrected chi connectivity index (χ2v) is 5.04. The average molecular weight is 278 g/mol. The first-order chi connectivity index (χ1) is 9.67. The minimum absolute atomic E-state index is 0.228. The number of nitrogens with one attached hydrogen (secondary N) is 2. The van der Waals surface area contributed by atoms with Crippen molar-refractivity contribution in [3.8, 4) is 5.75 Å². The fraction of sp³-hybridized carbons (Fsp3) is 0.429. The molecule has 0 unspecified atom stereocenters. The summed E-state index contributed by atoms with van der Waals surface area (Å²) >= 11 is 0. The van der Waals surface area contributed by atoms with Gasteiger partial charge in [-0.2, -0.15) is 0 Å². The van der Waals surface area contributed by atoms with Gasteiger partial charge in [-0.25, -0.2) is 0 Å². The summed E-state index contributed by atoms with van der Waals surface area (Å²) in [6, 6.07) is 4.66. The first-order valence-corrected chi connectivity index (χ1v) is 6.54. The monoisotopic (exact) mass is 278 g/mol. The quantitative estimate of drug-likeness (QED) is 0.540. The normalized spacial score (nSPS) is 30.0. The Kier molecular flexibility index (Phi) is 3.39. The Balaban J connectivity index is 2.07. The van der Waals surface area contributed by atoms with E-state index >= 15 is 0 Å². The molecule has 0 saturated carbocycles. The third kappa shape index (κ3) is 1.89. The van der Waals surface area contributed by atoms with Gasteiger partial charge < -0.3 is 30.4 Å². The molecule has 6 nitrogen and oxygen atoms in total. The molecule has 3 rings (SSSR count). The summed E-state index contributed by atoms with van der Waals surface area (Å²) in [5.74, 6) is 0.703. The Labute approximate surface area is 116 Å². The summed E-state index contributed by atoms with van der Waals surface area (Å²) in [5.41, 5.74) is 1.72. The number of aromatic amines is 1. The first-order valence-electron chi connectivity index (χ1n) is 6.54. The van der Waals surface area contributed by atoms with E-state index in [0.29, 0.717) is 5.75 Å². The van der Waals surface area contributed by atoms with E-state index in [1.807, 2.05) is 18.2 Å². The van der Waals surface area contributed by atoms with Crippen LogP contribution < -0.4 is 10.1 Å². The molecule has 2 aromatic rings. The van der Waals surface area contributed by atoms with Gasteiger partial charge in [-0.05, 0) is 12.1 Å². The number of fused-ring (bicyclic) bond motifs is 1. The van der Waals surface area contributed by atoms with Gasteiger partial charge in [0.25, 0.3) is 0 Å². The lowest BCUT2D eigenvalue weighted by molar-refractivity contribution is 0.0196. The molecule has 108 valence electrons. The molecule has 1 aromatic carbocycles. The van der Waals surface area contributed by atoms with E-state index in [4.69, 9.17) is 4.74 Å². The molecule has 1 fully saturated rings. The van der Waals surface area contributed by atoms with E-state index in [1.54, 1.807) is 13.3 Å². The van der Waals surface area contributed by atoms with Crippen LogP contribution in [0.4, 0.5) is 0 Å². The van der Waals surface area contributed by atoms with Crippen LogP contribution in [0.15, 0.2) is 24.4 Å². The van der Waals surface area contributed by atoms with Crippen molar-refractivity contribution in [1.82, 2.24) is 10.3 Å². The Morgan fingerprint density at radius 3 is 2.70 bits per heavy atom. The third-order valence-corrected chi connectivity index (χ3v) is 3.95.